The van der Waals surface area contributed by atoms with Crippen molar-refractivity contribution >= 4 is 28.8 Å². The summed E-state index contributed by atoms with van der Waals surface area (Å²) in [4.78, 5) is 31.5. The number of rotatable bonds is 6. The summed E-state index contributed by atoms with van der Waals surface area (Å²) in [6.07, 6.45) is 1.60. The molecule has 1 amide bonds. The highest BCUT2D eigenvalue weighted by molar-refractivity contribution is 8.16. The number of carbonyl (C=O) groups excluding carboxylic acids is 2. The average Bonchev–Trinajstić information content (AvgIpc) is 3.41. The van der Waals surface area contributed by atoms with Crippen molar-refractivity contribution in [2.24, 2.45) is 4.99 Å². The number of halogens is 1. The van der Waals surface area contributed by atoms with E-state index in [4.69, 9.17) is 9.15 Å². The van der Waals surface area contributed by atoms with Crippen LogP contribution in [0.1, 0.15) is 30.7 Å². The van der Waals surface area contributed by atoms with E-state index in [9.17, 15) is 14.0 Å². The molecule has 9 heteroatoms. The number of benzene rings is 1. The third kappa shape index (κ3) is 4.27. The summed E-state index contributed by atoms with van der Waals surface area (Å²) in [7, 11) is 1.29. The zero-order valence-corrected chi connectivity index (χ0v) is 17.7. The Morgan fingerprint density at radius 2 is 2.16 bits per heavy atom. The van der Waals surface area contributed by atoms with Gasteiger partial charge in [-0.05, 0) is 42.2 Å². The van der Waals surface area contributed by atoms with E-state index < -0.39 is 17.8 Å². The van der Waals surface area contributed by atoms with E-state index in [1.165, 1.54) is 31.0 Å². The molecule has 0 spiro atoms. The monoisotopic (exact) mass is 441 g/mol. The lowest BCUT2D eigenvalue weighted by atomic mass is 9.94. The Morgan fingerprint density at radius 1 is 1.32 bits per heavy atom. The van der Waals surface area contributed by atoms with E-state index in [1.807, 2.05) is 5.41 Å². The molecule has 0 fully saturated rings. The maximum Gasteiger partial charge on any atom is 0.338 e. The number of amides is 1. The predicted octanol–water partition coefficient (Wildman–Crippen LogP) is 3.87. The minimum atomic E-state index is -0.658. The molecule has 2 aromatic rings. The Morgan fingerprint density at radius 3 is 2.87 bits per heavy atom. The molecule has 0 aliphatic carbocycles. The maximum absolute atomic E-state index is 14.0. The molecule has 0 radical (unpaired) electrons. The van der Waals surface area contributed by atoms with Crippen molar-refractivity contribution in [3.05, 3.63) is 82.2 Å². The number of hydrogen-bond donors (Lipinski definition) is 1. The van der Waals surface area contributed by atoms with Crippen LogP contribution in [0, 0.1) is 5.82 Å². The van der Waals surface area contributed by atoms with Crippen molar-refractivity contribution in [2.45, 2.75) is 25.9 Å². The fourth-order valence-electron chi connectivity index (χ4n) is 3.56. The summed E-state index contributed by atoms with van der Waals surface area (Å²) in [5.41, 5.74) is 2.03. The lowest BCUT2D eigenvalue weighted by Gasteiger charge is -2.36. The molecule has 1 atom stereocenters. The van der Waals surface area contributed by atoms with Crippen molar-refractivity contribution in [3.63, 3.8) is 0 Å². The number of esters is 1. The molecule has 1 aromatic heterocycles. The van der Waals surface area contributed by atoms with E-state index in [0.717, 1.165) is 0 Å². The molecular weight excluding hydrogens is 421 g/mol. The van der Waals surface area contributed by atoms with Gasteiger partial charge in [-0.25, -0.2) is 14.2 Å². The molecular formula is C22H20FN3O4S. The van der Waals surface area contributed by atoms with Crippen molar-refractivity contribution in [3.8, 4) is 0 Å². The number of carbonyl (C=O) groups is 2. The van der Waals surface area contributed by atoms with E-state index in [-0.39, 0.29) is 18.9 Å². The first-order valence-corrected chi connectivity index (χ1v) is 10.4. The van der Waals surface area contributed by atoms with Crippen LogP contribution in [0.25, 0.3) is 0 Å². The van der Waals surface area contributed by atoms with Crippen LogP contribution in [0.5, 0.6) is 0 Å². The van der Waals surface area contributed by atoms with Gasteiger partial charge in [0.15, 0.2) is 5.17 Å². The second kappa shape index (κ2) is 8.81. The van der Waals surface area contributed by atoms with E-state index in [0.29, 0.717) is 33.5 Å². The Kier molecular flexibility index (Phi) is 5.94. The van der Waals surface area contributed by atoms with Gasteiger partial charge in [-0.1, -0.05) is 23.9 Å². The van der Waals surface area contributed by atoms with Gasteiger partial charge in [0.2, 0.25) is 5.91 Å². The standard InChI is InChI=1S/C22H20FN3O4S/c1-13-19(21(28)29-2)20(14-5-3-6-15(23)9-14)26-16(12-31-22(26)25-13)10-18(27)24-11-17-7-4-8-30-17/h3-9,12,20H,10-11H2,1-2H3,(H,24,27)/t20-/m1/s1. The predicted molar refractivity (Wildman–Crippen MR) is 114 cm³/mol. The van der Waals surface area contributed by atoms with Gasteiger partial charge in [-0.2, -0.15) is 0 Å². The third-order valence-electron chi connectivity index (χ3n) is 4.95. The number of methoxy groups -OCH3 is 1. The largest absolute Gasteiger partial charge is 0.467 e. The van der Waals surface area contributed by atoms with Gasteiger partial charge in [-0.3, -0.25) is 4.79 Å². The number of amidine groups is 1. The highest BCUT2D eigenvalue weighted by Gasteiger charge is 2.41. The van der Waals surface area contributed by atoms with Crippen LogP contribution in [0.2, 0.25) is 0 Å². The normalized spacial score (nSPS) is 17.8. The lowest BCUT2D eigenvalue weighted by Crippen LogP contribution is -2.37. The third-order valence-corrected chi connectivity index (χ3v) is 5.84. The van der Waals surface area contributed by atoms with Crippen molar-refractivity contribution in [2.75, 3.05) is 7.11 Å². The first-order valence-electron chi connectivity index (χ1n) is 9.55. The van der Waals surface area contributed by atoms with Crippen molar-refractivity contribution < 1.29 is 23.1 Å². The van der Waals surface area contributed by atoms with Gasteiger partial charge in [0.05, 0.1) is 43.7 Å². The fourth-order valence-corrected chi connectivity index (χ4v) is 4.52. The van der Waals surface area contributed by atoms with Gasteiger partial charge in [0.1, 0.15) is 11.6 Å². The van der Waals surface area contributed by atoms with Crippen LogP contribution in [0.15, 0.2) is 74.4 Å². The van der Waals surface area contributed by atoms with Crippen LogP contribution in [0.4, 0.5) is 4.39 Å². The molecule has 31 heavy (non-hydrogen) atoms. The summed E-state index contributed by atoms with van der Waals surface area (Å²) < 4.78 is 24.3. The second-order valence-electron chi connectivity index (χ2n) is 6.97. The molecule has 7 nitrogen and oxygen atoms in total. The van der Waals surface area contributed by atoms with Crippen LogP contribution < -0.4 is 5.32 Å². The second-order valence-corrected chi connectivity index (χ2v) is 7.81. The molecule has 4 rings (SSSR count). The average molecular weight is 441 g/mol. The quantitative estimate of drug-likeness (QED) is 0.685. The number of nitrogens with one attached hydrogen (secondary N) is 1. The highest BCUT2D eigenvalue weighted by atomic mass is 32.2. The molecule has 0 bridgehead atoms. The number of thioether (sulfide) groups is 1. The van der Waals surface area contributed by atoms with Crippen LogP contribution in [0.3, 0.4) is 0 Å². The van der Waals surface area contributed by atoms with Crippen LogP contribution >= 0.6 is 11.8 Å². The molecule has 0 saturated heterocycles. The van der Waals surface area contributed by atoms with Gasteiger partial charge in [-0.15, -0.1) is 0 Å². The summed E-state index contributed by atoms with van der Waals surface area (Å²) in [6, 6.07) is 8.91. The summed E-state index contributed by atoms with van der Waals surface area (Å²) in [5, 5.41) is 5.26. The van der Waals surface area contributed by atoms with Gasteiger partial charge >= 0.3 is 5.97 Å². The zero-order chi connectivity index (χ0) is 22.0. The Balaban J connectivity index is 1.63. The number of ether oxygens (including phenoxy) is 1. The molecule has 0 unspecified atom stereocenters. The molecule has 1 N–H and O–H groups in total. The Bertz CT molecular complexity index is 1110. The lowest BCUT2D eigenvalue weighted by molar-refractivity contribution is -0.136. The number of allylic oxidation sites excluding steroid dienone is 1. The molecule has 3 heterocycles. The number of aliphatic imine (C=N–C) groups is 1. The van der Waals surface area contributed by atoms with E-state index in [1.54, 1.807) is 42.4 Å². The maximum atomic E-state index is 14.0. The Labute approximate surface area is 182 Å². The fraction of sp³-hybridized carbons (Fsp3) is 0.227. The SMILES string of the molecule is COC(=O)C1=C(C)N=C2SC=C(CC(=O)NCc3ccco3)N2[C@@H]1c1cccc(F)c1. The smallest absolute Gasteiger partial charge is 0.338 e. The first-order chi connectivity index (χ1) is 15.0. The number of fused-ring (bicyclic) bond motifs is 1. The minimum absolute atomic E-state index is 0.0616. The van der Waals surface area contributed by atoms with Gasteiger partial charge in [0, 0.05) is 5.70 Å². The van der Waals surface area contributed by atoms with E-state index >= 15 is 0 Å². The number of nitrogens with zero attached hydrogens (tertiary/aromatic N) is 2. The first kappa shape index (κ1) is 20.9. The zero-order valence-electron chi connectivity index (χ0n) is 16.9. The topological polar surface area (TPSA) is 84.1 Å². The van der Waals surface area contributed by atoms with Crippen LogP contribution in [-0.4, -0.2) is 29.1 Å². The molecule has 1 aromatic carbocycles. The molecule has 2 aliphatic rings. The summed E-state index contributed by atoms with van der Waals surface area (Å²) in [5.74, 6) is -0.536. The molecule has 2 aliphatic heterocycles. The number of furan rings is 1. The molecule has 0 saturated carbocycles. The highest BCUT2D eigenvalue weighted by Crippen LogP contribution is 2.44. The number of hydrogen-bond acceptors (Lipinski definition) is 7. The summed E-state index contributed by atoms with van der Waals surface area (Å²) >= 11 is 1.36. The van der Waals surface area contributed by atoms with Crippen molar-refractivity contribution in [1.29, 1.82) is 0 Å². The van der Waals surface area contributed by atoms with Crippen molar-refractivity contribution in [1.82, 2.24) is 10.2 Å². The summed E-state index contributed by atoms with van der Waals surface area (Å²) in [6.45, 7) is 1.99. The Hall–Kier alpha value is -3.33. The van der Waals surface area contributed by atoms with E-state index in [2.05, 4.69) is 10.3 Å². The van der Waals surface area contributed by atoms with Gasteiger partial charge in [0.25, 0.3) is 0 Å². The van der Waals surface area contributed by atoms with Crippen LogP contribution in [-0.2, 0) is 20.9 Å². The van der Waals surface area contributed by atoms with Gasteiger partial charge < -0.3 is 19.4 Å². The minimum Gasteiger partial charge on any atom is -0.467 e. The molecule has 160 valence electrons.